The van der Waals surface area contributed by atoms with E-state index in [1.165, 1.54) is 24.1 Å². The van der Waals surface area contributed by atoms with Gasteiger partial charge < -0.3 is 19.7 Å². The molecule has 3 aromatic carbocycles. The van der Waals surface area contributed by atoms with Crippen LogP contribution in [0.3, 0.4) is 0 Å². The predicted molar refractivity (Wildman–Crippen MR) is 164 cm³/mol. The Bertz CT molecular complexity index is 1500. The third-order valence-corrected chi connectivity index (χ3v) is 8.44. The van der Waals surface area contributed by atoms with Gasteiger partial charge in [0.15, 0.2) is 0 Å². The van der Waals surface area contributed by atoms with Gasteiger partial charge in [0.2, 0.25) is 11.8 Å². The number of hydrogen-bond donors (Lipinski definition) is 1. The van der Waals surface area contributed by atoms with Crippen LogP contribution in [0.4, 0.5) is 5.69 Å². The molecule has 0 radical (unpaired) electrons. The summed E-state index contributed by atoms with van der Waals surface area (Å²) in [6.07, 6.45) is 0. The minimum atomic E-state index is -4.22. The zero-order chi connectivity index (χ0) is 31.2. The Labute approximate surface area is 249 Å². The summed E-state index contributed by atoms with van der Waals surface area (Å²) in [7, 11) is -1.21. The third-order valence-electron chi connectivity index (χ3n) is 6.67. The van der Waals surface area contributed by atoms with E-state index in [1.54, 1.807) is 68.6 Å². The van der Waals surface area contributed by atoms with Crippen LogP contribution in [-0.2, 0) is 26.2 Å². The van der Waals surface area contributed by atoms with Crippen LogP contribution < -0.4 is 19.1 Å². The molecule has 0 unspecified atom stereocenters. The maximum absolute atomic E-state index is 14.2. The van der Waals surface area contributed by atoms with E-state index in [0.717, 1.165) is 21.0 Å². The van der Waals surface area contributed by atoms with Crippen molar-refractivity contribution in [2.75, 3.05) is 25.1 Å². The van der Waals surface area contributed by atoms with Crippen molar-refractivity contribution >= 4 is 27.5 Å². The average Bonchev–Trinajstić information content (AvgIpc) is 2.93. The number of benzene rings is 3. The Morgan fingerprint density at radius 1 is 0.881 bits per heavy atom. The Hall–Kier alpha value is -4.05. The molecule has 0 fully saturated rings. The fraction of sp³-hybridized carbons (Fsp3) is 0.375. The summed E-state index contributed by atoms with van der Waals surface area (Å²) in [5, 5.41) is 2.93. The zero-order valence-electron chi connectivity index (χ0n) is 25.6. The van der Waals surface area contributed by atoms with Crippen molar-refractivity contribution in [1.82, 2.24) is 10.2 Å². The number of sulfonamides is 1. The SMILES string of the molecule is COc1ccc(CN(C(=O)CN(c2cc(C)ccc2OC)S(=O)(=O)c2ccc(C)cc2)[C@H](C)C(=O)NC(C)(C)C)cc1. The highest BCUT2D eigenvalue weighted by Crippen LogP contribution is 2.34. The van der Waals surface area contributed by atoms with E-state index in [2.05, 4.69) is 5.32 Å². The zero-order valence-corrected chi connectivity index (χ0v) is 26.4. The van der Waals surface area contributed by atoms with Crippen LogP contribution in [0.2, 0.25) is 0 Å². The lowest BCUT2D eigenvalue weighted by Gasteiger charge is -2.34. The smallest absolute Gasteiger partial charge is 0.264 e. The lowest BCUT2D eigenvalue weighted by atomic mass is 10.1. The van der Waals surface area contributed by atoms with Crippen molar-refractivity contribution in [2.45, 2.75) is 64.6 Å². The summed E-state index contributed by atoms with van der Waals surface area (Å²) < 4.78 is 40.1. The van der Waals surface area contributed by atoms with Gasteiger partial charge in [-0.15, -0.1) is 0 Å². The summed E-state index contributed by atoms with van der Waals surface area (Å²) in [4.78, 5) is 28.9. The second-order valence-corrected chi connectivity index (χ2v) is 13.1. The number of nitrogens with one attached hydrogen (secondary N) is 1. The van der Waals surface area contributed by atoms with Crippen LogP contribution >= 0.6 is 0 Å². The number of carbonyl (C=O) groups is 2. The van der Waals surface area contributed by atoms with Crippen molar-refractivity contribution in [2.24, 2.45) is 0 Å². The van der Waals surface area contributed by atoms with Crippen molar-refractivity contribution in [1.29, 1.82) is 0 Å². The second-order valence-electron chi connectivity index (χ2n) is 11.3. The number of methoxy groups -OCH3 is 2. The van der Waals surface area contributed by atoms with Crippen molar-refractivity contribution in [3.8, 4) is 11.5 Å². The largest absolute Gasteiger partial charge is 0.497 e. The van der Waals surface area contributed by atoms with Gasteiger partial charge in [-0.2, -0.15) is 0 Å². The monoisotopic (exact) mass is 595 g/mol. The highest BCUT2D eigenvalue weighted by atomic mass is 32.2. The lowest BCUT2D eigenvalue weighted by Crippen LogP contribution is -2.54. The summed E-state index contributed by atoms with van der Waals surface area (Å²) >= 11 is 0. The molecule has 2 amide bonds. The van der Waals surface area contributed by atoms with E-state index in [4.69, 9.17) is 9.47 Å². The fourth-order valence-electron chi connectivity index (χ4n) is 4.33. The molecule has 0 aliphatic heterocycles. The Kier molecular flexibility index (Phi) is 10.3. The van der Waals surface area contributed by atoms with Crippen LogP contribution in [0.25, 0.3) is 0 Å². The molecule has 10 heteroatoms. The first kappa shape index (κ1) is 32.5. The molecule has 9 nitrogen and oxygen atoms in total. The molecule has 226 valence electrons. The van der Waals surface area contributed by atoms with Gasteiger partial charge in [0.1, 0.15) is 24.1 Å². The lowest BCUT2D eigenvalue weighted by molar-refractivity contribution is -0.140. The highest BCUT2D eigenvalue weighted by molar-refractivity contribution is 7.92. The number of anilines is 1. The number of rotatable bonds is 11. The Balaban J connectivity index is 2.10. The normalized spacial score (nSPS) is 12.3. The molecule has 0 saturated heterocycles. The molecular formula is C32H41N3O6S. The molecule has 0 heterocycles. The molecule has 3 aromatic rings. The Morgan fingerprint density at radius 2 is 1.48 bits per heavy atom. The number of carbonyl (C=O) groups excluding carboxylic acids is 2. The molecule has 0 bridgehead atoms. The number of ether oxygens (including phenoxy) is 2. The number of amides is 2. The third kappa shape index (κ3) is 8.03. The van der Waals surface area contributed by atoms with Gasteiger partial charge in [0.25, 0.3) is 10.0 Å². The molecular weight excluding hydrogens is 554 g/mol. The van der Waals surface area contributed by atoms with Crippen molar-refractivity contribution in [3.63, 3.8) is 0 Å². The number of aryl methyl sites for hydroxylation is 2. The minimum absolute atomic E-state index is 0.0321. The predicted octanol–water partition coefficient (Wildman–Crippen LogP) is 4.85. The quantitative estimate of drug-likeness (QED) is 0.340. The summed E-state index contributed by atoms with van der Waals surface area (Å²) in [6, 6.07) is 17.8. The topological polar surface area (TPSA) is 105 Å². The molecule has 0 aliphatic rings. The van der Waals surface area contributed by atoms with Gasteiger partial charge in [-0.3, -0.25) is 13.9 Å². The molecule has 1 atom stereocenters. The number of nitrogens with zero attached hydrogens (tertiary/aromatic N) is 2. The van der Waals surface area contributed by atoms with Crippen LogP contribution in [0.1, 0.15) is 44.4 Å². The fourth-order valence-corrected chi connectivity index (χ4v) is 5.75. The van der Waals surface area contributed by atoms with Crippen molar-refractivity contribution < 1.29 is 27.5 Å². The van der Waals surface area contributed by atoms with Crippen LogP contribution in [-0.4, -0.2) is 57.5 Å². The second kappa shape index (κ2) is 13.3. The Morgan fingerprint density at radius 3 is 2.02 bits per heavy atom. The first-order valence-electron chi connectivity index (χ1n) is 13.6. The summed E-state index contributed by atoms with van der Waals surface area (Å²) in [5.74, 6) is 0.0356. The van der Waals surface area contributed by atoms with Gasteiger partial charge >= 0.3 is 0 Å². The van der Waals surface area contributed by atoms with Gasteiger partial charge in [-0.1, -0.05) is 35.9 Å². The van der Waals surface area contributed by atoms with E-state index in [0.29, 0.717) is 11.5 Å². The molecule has 3 rings (SSSR count). The van der Waals surface area contributed by atoms with Gasteiger partial charge in [0, 0.05) is 12.1 Å². The van der Waals surface area contributed by atoms with E-state index in [-0.39, 0.29) is 23.0 Å². The van der Waals surface area contributed by atoms with Crippen LogP contribution in [0.15, 0.2) is 71.6 Å². The molecule has 1 N–H and O–H groups in total. The van der Waals surface area contributed by atoms with Crippen LogP contribution in [0, 0.1) is 13.8 Å². The highest BCUT2D eigenvalue weighted by Gasteiger charge is 2.34. The van der Waals surface area contributed by atoms with Gasteiger partial charge in [0.05, 0.1) is 24.8 Å². The number of hydrogen-bond acceptors (Lipinski definition) is 6. The van der Waals surface area contributed by atoms with E-state index >= 15 is 0 Å². The molecule has 0 aliphatic carbocycles. The summed E-state index contributed by atoms with van der Waals surface area (Å²) in [5.41, 5.74) is 2.13. The minimum Gasteiger partial charge on any atom is -0.497 e. The molecule has 0 spiro atoms. The maximum atomic E-state index is 14.2. The first-order chi connectivity index (χ1) is 19.7. The van der Waals surface area contributed by atoms with Crippen molar-refractivity contribution in [3.05, 3.63) is 83.4 Å². The molecule has 42 heavy (non-hydrogen) atoms. The van der Waals surface area contributed by atoms with E-state index < -0.39 is 34.1 Å². The standard InChI is InChI=1S/C32H41N3O6S/c1-22-9-16-27(17-10-22)42(38,39)35(28-19-23(2)11-18-29(28)41-8)21-30(36)34(24(3)31(37)33-32(4,5)6)20-25-12-14-26(40-7)15-13-25/h9-19,24H,20-21H2,1-8H3,(H,33,37)/t24-/m1/s1. The average molecular weight is 596 g/mol. The molecule has 0 aromatic heterocycles. The van der Waals surface area contributed by atoms with Gasteiger partial charge in [-0.05, 0) is 89.1 Å². The molecule has 0 saturated carbocycles. The van der Waals surface area contributed by atoms with Crippen LogP contribution in [0.5, 0.6) is 11.5 Å². The maximum Gasteiger partial charge on any atom is 0.264 e. The first-order valence-corrected chi connectivity index (χ1v) is 15.1. The summed E-state index contributed by atoms with van der Waals surface area (Å²) in [6.45, 7) is 10.4. The van der Waals surface area contributed by atoms with E-state index in [9.17, 15) is 18.0 Å². The van der Waals surface area contributed by atoms with E-state index in [1.807, 2.05) is 34.6 Å². The van der Waals surface area contributed by atoms with Gasteiger partial charge in [-0.25, -0.2) is 8.42 Å².